The SMILES string of the molecule is COc1cccc(CNC(=O)CN(C)CC(=O)Nc2cccc(OC)c2)c1. The van der Waals surface area contributed by atoms with Gasteiger partial charge >= 0.3 is 0 Å². The molecule has 2 aromatic carbocycles. The molecule has 0 aromatic heterocycles. The highest BCUT2D eigenvalue weighted by Crippen LogP contribution is 2.16. The summed E-state index contributed by atoms with van der Waals surface area (Å²) in [5.41, 5.74) is 1.59. The van der Waals surface area contributed by atoms with Gasteiger partial charge in [-0.1, -0.05) is 18.2 Å². The summed E-state index contributed by atoms with van der Waals surface area (Å²) in [5, 5.41) is 5.62. The van der Waals surface area contributed by atoms with Crippen LogP contribution < -0.4 is 20.1 Å². The zero-order valence-corrected chi connectivity index (χ0v) is 15.8. The molecular weight excluding hydrogens is 346 g/mol. The van der Waals surface area contributed by atoms with Crippen molar-refractivity contribution in [1.29, 1.82) is 0 Å². The fourth-order valence-electron chi connectivity index (χ4n) is 2.49. The molecule has 2 aromatic rings. The van der Waals surface area contributed by atoms with Gasteiger partial charge in [-0.05, 0) is 36.9 Å². The fourth-order valence-corrected chi connectivity index (χ4v) is 2.49. The largest absolute Gasteiger partial charge is 0.497 e. The molecule has 0 bridgehead atoms. The molecule has 0 heterocycles. The van der Waals surface area contributed by atoms with Gasteiger partial charge in [-0.15, -0.1) is 0 Å². The topological polar surface area (TPSA) is 79.9 Å². The minimum absolute atomic E-state index is 0.101. The number of ether oxygens (including phenoxy) is 2. The molecule has 2 amide bonds. The van der Waals surface area contributed by atoms with Crippen LogP contribution in [-0.2, 0) is 16.1 Å². The smallest absolute Gasteiger partial charge is 0.238 e. The van der Waals surface area contributed by atoms with Crippen molar-refractivity contribution in [3.05, 3.63) is 54.1 Å². The molecule has 0 saturated heterocycles. The van der Waals surface area contributed by atoms with Gasteiger partial charge in [0.15, 0.2) is 0 Å². The first-order valence-corrected chi connectivity index (χ1v) is 8.52. The van der Waals surface area contributed by atoms with Gasteiger partial charge in [-0.25, -0.2) is 0 Å². The van der Waals surface area contributed by atoms with E-state index in [0.29, 0.717) is 18.0 Å². The number of hydrogen-bond donors (Lipinski definition) is 2. The molecule has 2 rings (SSSR count). The minimum atomic E-state index is -0.202. The van der Waals surface area contributed by atoms with Crippen LogP contribution in [0.5, 0.6) is 11.5 Å². The molecule has 0 saturated carbocycles. The zero-order valence-electron chi connectivity index (χ0n) is 15.8. The Balaban J connectivity index is 1.75. The van der Waals surface area contributed by atoms with E-state index in [1.54, 1.807) is 50.4 Å². The molecule has 7 nitrogen and oxygen atoms in total. The van der Waals surface area contributed by atoms with Gasteiger partial charge in [-0.3, -0.25) is 14.5 Å². The van der Waals surface area contributed by atoms with E-state index in [2.05, 4.69) is 10.6 Å². The predicted octanol–water partition coefficient (Wildman–Crippen LogP) is 1.89. The lowest BCUT2D eigenvalue weighted by molar-refractivity contribution is -0.123. The number of nitrogens with zero attached hydrogens (tertiary/aromatic N) is 1. The van der Waals surface area contributed by atoms with Crippen molar-refractivity contribution < 1.29 is 19.1 Å². The maximum atomic E-state index is 12.1. The first-order valence-electron chi connectivity index (χ1n) is 8.52. The molecule has 0 atom stereocenters. The third-order valence-corrected chi connectivity index (χ3v) is 3.80. The number of nitrogens with one attached hydrogen (secondary N) is 2. The second-order valence-corrected chi connectivity index (χ2v) is 6.08. The highest BCUT2D eigenvalue weighted by atomic mass is 16.5. The van der Waals surface area contributed by atoms with Gasteiger partial charge < -0.3 is 20.1 Å². The molecule has 0 radical (unpaired) electrons. The number of methoxy groups -OCH3 is 2. The second kappa shape index (κ2) is 10.2. The van der Waals surface area contributed by atoms with Crippen LogP contribution >= 0.6 is 0 Å². The summed E-state index contributed by atoms with van der Waals surface area (Å²) in [7, 11) is 4.89. The van der Waals surface area contributed by atoms with Crippen molar-refractivity contribution in [2.45, 2.75) is 6.54 Å². The molecular formula is C20H25N3O4. The number of benzene rings is 2. The minimum Gasteiger partial charge on any atom is -0.497 e. The van der Waals surface area contributed by atoms with Gasteiger partial charge in [0.25, 0.3) is 0 Å². The molecule has 0 aliphatic carbocycles. The molecule has 27 heavy (non-hydrogen) atoms. The van der Waals surface area contributed by atoms with Crippen molar-refractivity contribution in [2.24, 2.45) is 0 Å². The summed E-state index contributed by atoms with van der Waals surface area (Å²) in [6.45, 7) is 0.624. The third-order valence-electron chi connectivity index (χ3n) is 3.80. The number of rotatable bonds is 9. The summed E-state index contributed by atoms with van der Waals surface area (Å²) in [6.07, 6.45) is 0. The number of anilines is 1. The Morgan fingerprint density at radius 2 is 1.56 bits per heavy atom. The summed E-state index contributed by atoms with van der Waals surface area (Å²) >= 11 is 0. The Labute approximate surface area is 159 Å². The molecule has 0 spiro atoms. The molecule has 0 fully saturated rings. The lowest BCUT2D eigenvalue weighted by Crippen LogP contribution is -2.38. The van der Waals surface area contributed by atoms with E-state index in [0.717, 1.165) is 11.3 Å². The fraction of sp³-hybridized carbons (Fsp3) is 0.300. The van der Waals surface area contributed by atoms with Crippen LogP contribution in [0, 0.1) is 0 Å². The van der Waals surface area contributed by atoms with Crippen LogP contribution in [0.1, 0.15) is 5.56 Å². The monoisotopic (exact) mass is 371 g/mol. The Morgan fingerprint density at radius 3 is 2.26 bits per heavy atom. The van der Waals surface area contributed by atoms with Crippen molar-refractivity contribution in [1.82, 2.24) is 10.2 Å². The van der Waals surface area contributed by atoms with Crippen molar-refractivity contribution >= 4 is 17.5 Å². The average Bonchev–Trinajstić information content (AvgIpc) is 2.66. The molecule has 0 aliphatic heterocycles. The standard InChI is InChI=1S/C20H25N3O4/c1-23(14-20(25)22-16-7-5-9-18(11-16)27-3)13-19(24)21-12-15-6-4-8-17(10-15)26-2/h4-11H,12-14H2,1-3H3,(H,21,24)(H,22,25). The molecule has 0 aliphatic rings. The van der Waals surface area contributed by atoms with E-state index in [1.165, 1.54) is 0 Å². The number of amides is 2. The summed E-state index contributed by atoms with van der Waals surface area (Å²) in [5.74, 6) is 1.05. The zero-order chi connectivity index (χ0) is 19.6. The van der Waals surface area contributed by atoms with Crippen LogP contribution in [-0.4, -0.2) is 51.1 Å². The third kappa shape index (κ3) is 6.99. The molecule has 7 heteroatoms. The first kappa shape index (κ1) is 20.3. The van der Waals surface area contributed by atoms with Crippen LogP contribution in [0.4, 0.5) is 5.69 Å². The number of carbonyl (C=O) groups is 2. The highest BCUT2D eigenvalue weighted by Gasteiger charge is 2.11. The second-order valence-electron chi connectivity index (χ2n) is 6.08. The number of likely N-dealkylation sites (N-methyl/N-ethyl adjacent to an activating group) is 1. The van der Waals surface area contributed by atoms with Gasteiger partial charge in [0.2, 0.25) is 11.8 Å². The molecule has 144 valence electrons. The summed E-state index contributed by atoms with van der Waals surface area (Å²) in [6, 6.07) is 14.6. The number of carbonyl (C=O) groups excluding carboxylic acids is 2. The van der Waals surface area contributed by atoms with Crippen molar-refractivity contribution in [3.63, 3.8) is 0 Å². The lowest BCUT2D eigenvalue weighted by Gasteiger charge is -2.16. The maximum Gasteiger partial charge on any atom is 0.238 e. The highest BCUT2D eigenvalue weighted by molar-refractivity contribution is 5.92. The van der Waals surface area contributed by atoms with Crippen molar-refractivity contribution in [3.8, 4) is 11.5 Å². The Hall–Kier alpha value is -3.06. The maximum absolute atomic E-state index is 12.1. The normalized spacial score (nSPS) is 10.4. The van der Waals surface area contributed by atoms with E-state index in [4.69, 9.17) is 9.47 Å². The molecule has 0 unspecified atom stereocenters. The van der Waals surface area contributed by atoms with E-state index in [-0.39, 0.29) is 24.9 Å². The van der Waals surface area contributed by atoms with Crippen LogP contribution in [0.3, 0.4) is 0 Å². The van der Waals surface area contributed by atoms with Gasteiger partial charge in [0, 0.05) is 18.3 Å². The van der Waals surface area contributed by atoms with Crippen LogP contribution in [0.2, 0.25) is 0 Å². The predicted molar refractivity (Wildman–Crippen MR) is 104 cm³/mol. The summed E-state index contributed by atoms with van der Waals surface area (Å²) < 4.78 is 10.3. The Morgan fingerprint density at radius 1 is 0.926 bits per heavy atom. The Bertz CT molecular complexity index is 779. The van der Waals surface area contributed by atoms with E-state index >= 15 is 0 Å². The van der Waals surface area contributed by atoms with Gasteiger partial charge in [0.1, 0.15) is 11.5 Å². The van der Waals surface area contributed by atoms with Crippen LogP contribution in [0.25, 0.3) is 0 Å². The van der Waals surface area contributed by atoms with E-state index in [9.17, 15) is 9.59 Å². The van der Waals surface area contributed by atoms with Crippen LogP contribution in [0.15, 0.2) is 48.5 Å². The number of hydrogen-bond acceptors (Lipinski definition) is 5. The van der Waals surface area contributed by atoms with Gasteiger partial charge in [-0.2, -0.15) is 0 Å². The van der Waals surface area contributed by atoms with E-state index < -0.39 is 0 Å². The first-order chi connectivity index (χ1) is 13.0. The summed E-state index contributed by atoms with van der Waals surface area (Å²) in [4.78, 5) is 25.8. The van der Waals surface area contributed by atoms with E-state index in [1.807, 2.05) is 24.3 Å². The Kier molecular flexibility index (Phi) is 7.63. The quantitative estimate of drug-likeness (QED) is 0.704. The van der Waals surface area contributed by atoms with Crippen molar-refractivity contribution in [2.75, 3.05) is 39.7 Å². The molecule has 2 N–H and O–H groups in total. The lowest BCUT2D eigenvalue weighted by atomic mass is 10.2. The van der Waals surface area contributed by atoms with Gasteiger partial charge in [0.05, 0.1) is 27.3 Å². The average molecular weight is 371 g/mol.